The normalized spacial score (nSPS) is 10.6. The topological polar surface area (TPSA) is 72.0 Å². The van der Waals surface area contributed by atoms with Crippen molar-refractivity contribution >= 4 is 21.7 Å². The predicted octanol–water partition coefficient (Wildman–Crippen LogP) is 3.15. The second kappa shape index (κ2) is 5.35. The van der Waals surface area contributed by atoms with Crippen molar-refractivity contribution in [3.8, 4) is 17.1 Å². The van der Waals surface area contributed by atoms with Gasteiger partial charge in [-0.05, 0) is 46.6 Å². The monoisotopic (exact) mass is 307 g/mol. The van der Waals surface area contributed by atoms with Crippen LogP contribution in [0.1, 0.15) is 19.0 Å². The van der Waals surface area contributed by atoms with E-state index in [1.54, 1.807) is 24.3 Å². The first-order valence-electron chi connectivity index (χ1n) is 5.73. The Hall–Kier alpha value is -1.62. The number of benzene rings is 1. The third kappa shape index (κ3) is 2.61. The number of nitrogens with zero attached hydrogens (tertiary/aromatic N) is 2. The molecule has 0 radical (unpaired) electrons. The van der Waals surface area contributed by atoms with Crippen molar-refractivity contribution in [2.45, 2.75) is 19.8 Å². The lowest BCUT2D eigenvalue weighted by Crippen LogP contribution is -2.02. The number of hydrogen-bond donors (Lipinski definition) is 2. The van der Waals surface area contributed by atoms with Crippen LogP contribution in [0.25, 0.3) is 11.4 Å². The maximum Gasteiger partial charge on any atom is 0.161 e. The summed E-state index contributed by atoms with van der Waals surface area (Å²) in [4.78, 5) is 8.76. The smallest absolute Gasteiger partial charge is 0.161 e. The number of anilines is 1. The Balaban J connectivity index is 2.48. The average Bonchev–Trinajstić information content (AvgIpc) is 2.36. The van der Waals surface area contributed by atoms with Crippen LogP contribution in [0.5, 0.6) is 5.75 Å². The fourth-order valence-electron chi connectivity index (χ4n) is 1.65. The van der Waals surface area contributed by atoms with Crippen LogP contribution in [0.2, 0.25) is 0 Å². The van der Waals surface area contributed by atoms with Gasteiger partial charge >= 0.3 is 0 Å². The largest absolute Gasteiger partial charge is 0.508 e. The second-order valence-electron chi connectivity index (χ2n) is 3.99. The molecule has 0 bridgehead atoms. The molecule has 1 heterocycles. The lowest BCUT2D eigenvalue weighted by molar-refractivity contribution is 0.475. The minimum atomic E-state index is 0.220. The Morgan fingerprint density at radius 3 is 2.50 bits per heavy atom. The predicted molar refractivity (Wildman–Crippen MR) is 75.2 cm³/mol. The van der Waals surface area contributed by atoms with Gasteiger partial charge in [0.15, 0.2) is 5.82 Å². The van der Waals surface area contributed by atoms with Crippen LogP contribution in [-0.2, 0) is 6.42 Å². The average molecular weight is 308 g/mol. The van der Waals surface area contributed by atoms with Gasteiger partial charge in [-0.25, -0.2) is 9.97 Å². The van der Waals surface area contributed by atoms with E-state index >= 15 is 0 Å². The van der Waals surface area contributed by atoms with Gasteiger partial charge in [-0.15, -0.1) is 0 Å². The summed E-state index contributed by atoms with van der Waals surface area (Å²) >= 11 is 3.41. The highest BCUT2D eigenvalue weighted by molar-refractivity contribution is 9.10. The Morgan fingerprint density at radius 1 is 1.22 bits per heavy atom. The summed E-state index contributed by atoms with van der Waals surface area (Å²) in [7, 11) is 0. The molecule has 0 aliphatic carbocycles. The number of rotatable bonds is 3. The first-order valence-corrected chi connectivity index (χ1v) is 6.52. The summed E-state index contributed by atoms with van der Waals surface area (Å²) in [5.74, 6) is 1.24. The molecule has 1 aromatic carbocycles. The molecule has 3 N–H and O–H groups in total. The molecule has 5 heteroatoms. The zero-order valence-corrected chi connectivity index (χ0v) is 11.6. The number of phenolic OH excluding ortho intramolecular Hbond substituents is 1. The molecule has 0 atom stereocenters. The fourth-order valence-corrected chi connectivity index (χ4v) is 2.03. The highest BCUT2D eigenvalue weighted by Crippen LogP contribution is 2.26. The summed E-state index contributed by atoms with van der Waals surface area (Å²) in [6.45, 7) is 2.09. The van der Waals surface area contributed by atoms with Gasteiger partial charge in [0.05, 0.1) is 10.2 Å². The van der Waals surface area contributed by atoms with Crippen LogP contribution < -0.4 is 5.73 Å². The Kier molecular flexibility index (Phi) is 3.81. The zero-order valence-electron chi connectivity index (χ0n) is 10.0. The van der Waals surface area contributed by atoms with Crippen molar-refractivity contribution in [2.24, 2.45) is 0 Å². The number of halogens is 1. The van der Waals surface area contributed by atoms with Gasteiger partial charge in [-0.3, -0.25) is 0 Å². The summed E-state index contributed by atoms with van der Waals surface area (Å²) in [6.07, 6.45) is 1.84. The summed E-state index contributed by atoms with van der Waals surface area (Å²) in [5, 5.41) is 9.27. The SMILES string of the molecule is CCCc1nc(-c2ccc(O)cc2)nc(N)c1Br. The standard InChI is InChI=1S/C13H14BrN3O/c1-2-3-10-11(14)12(15)17-13(16-10)8-4-6-9(18)7-5-8/h4-7,18H,2-3H2,1H3,(H2,15,16,17). The van der Waals surface area contributed by atoms with Crippen LogP contribution in [-0.4, -0.2) is 15.1 Å². The van der Waals surface area contributed by atoms with Gasteiger partial charge < -0.3 is 10.8 Å². The molecule has 94 valence electrons. The molecule has 0 aliphatic heterocycles. The molecule has 2 aromatic rings. The van der Waals surface area contributed by atoms with Crippen molar-refractivity contribution in [1.29, 1.82) is 0 Å². The van der Waals surface area contributed by atoms with Crippen LogP contribution in [0.4, 0.5) is 5.82 Å². The minimum Gasteiger partial charge on any atom is -0.508 e. The van der Waals surface area contributed by atoms with E-state index < -0.39 is 0 Å². The highest BCUT2D eigenvalue weighted by atomic mass is 79.9. The van der Waals surface area contributed by atoms with Crippen LogP contribution >= 0.6 is 15.9 Å². The lowest BCUT2D eigenvalue weighted by atomic mass is 10.2. The number of phenols is 1. The van der Waals surface area contributed by atoms with Gasteiger partial charge in [0.1, 0.15) is 11.6 Å². The summed E-state index contributed by atoms with van der Waals surface area (Å²) in [6, 6.07) is 6.76. The number of aryl methyl sites for hydroxylation is 1. The third-order valence-corrected chi connectivity index (χ3v) is 3.42. The van der Waals surface area contributed by atoms with Gasteiger partial charge in [0.25, 0.3) is 0 Å². The molecule has 0 aliphatic rings. The Bertz CT molecular complexity index is 555. The molecule has 2 rings (SSSR count). The zero-order chi connectivity index (χ0) is 13.1. The van der Waals surface area contributed by atoms with Crippen molar-refractivity contribution in [2.75, 3.05) is 5.73 Å². The van der Waals surface area contributed by atoms with E-state index in [0.717, 1.165) is 28.6 Å². The minimum absolute atomic E-state index is 0.220. The van der Waals surface area contributed by atoms with Crippen LogP contribution in [0, 0.1) is 0 Å². The first kappa shape index (κ1) is 12.8. The van der Waals surface area contributed by atoms with Crippen molar-refractivity contribution in [1.82, 2.24) is 9.97 Å². The molecule has 0 saturated heterocycles. The van der Waals surface area contributed by atoms with Crippen molar-refractivity contribution in [3.63, 3.8) is 0 Å². The van der Waals surface area contributed by atoms with Crippen molar-refractivity contribution in [3.05, 3.63) is 34.4 Å². The number of hydrogen-bond acceptors (Lipinski definition) is 4. The molecule has 0 spiro atoms. The molecule has 0 saturated carbocycles. The van der Waals surface area contributed by atoms with Gasteiger partial charge in [-0.1, -0.05) is 13.3 Å². The molecule has 0 unspecified atom stereocenters. The summed E-state index contributed by atoms with van der Waals surface area (Å²) in [5.41, 5.74) is 7.62. The van der Waals surface area contributed by atoms with Gasteiger partial charge in [-0.2, -0.15) is 0 Å². The van der Waals surface area contributed by atoms with E-state index in [4.69, 9.17) is 5.73 Å². The van der Waals surface area contributed by atoms with E-state index in [1.165, 1.54) is 0 Å². The van der Waals surface area contributed by atoms with E-state index in [-0.39, 0.29) is 5.75 Å². The maximum atomic E-state index is 9.27. The van der Waals surface area contributed by atoms with E-state index in [1.807, 2.05) is 0 Å². The Morgan fingerprint density at radius 2 is 1.89 bits per heavy atom. The molecular weight excluding hydrogens is 294 g/mol. The van der Waals surface area contributed by atoms with Gasteiger partial charge in [0, 0.05) is 5.56 Å². The molecule has 1 aromatic heterocycles. The number of nitrogen functional groups attached to an aromatic ring is 1. The molecular formula is C13H14BrN3O. The molecule has 4 nitrogen and oxygen atoms in total. The fraction of sp³-hybridized carbons (Fsp3) is 0.231. The summed E-state index contributed by atoms with van der Waals surface area (Å²) < 4.78 is 0.770. The third-order valence-electron chi connectivity index (χ3n) is 2.56. The van der Waals surface area contributed by atoms with Crippen LogP contribution in [0.15, 0.2) is 28.7 Å². The highest BCUT2D eigenvalue weighted by Gasteiger charge is 2.10. The van der Waals surface area contributed by atoms with Gasteiger partial charge in [0.2, 0.25) is 0 Å². The van der Waals surface area contributed by atoms with Crippen LogP contribution in [0.3, 0.4) is 0 Å². The number of nitrogens with two attached hydrogens (primary N) is 1. The lowest BCUT2D eigenvalue weighted by Gasteiger charge is -2.08. The van der Waals surface area contributed by atoms with Crippen molar-refractivity contribution < 1.29 is 5.11 Å². The molecule has 18 heavy (non-hydrogen) atoms. The quantitative estimate of drug-likeness (QED) is 0.913. The number of aromatic hydroxyl groups is 1. The van der Waals surface area contributed by atoms with E-state index in [9.17, 15) is 5.11 Å². The van der Waals surface area contributed by atoms with E-state index in [0.29, 0.717) is 11.6 Å². The second-order valence-corrected chi connectivity index (χ2v) is 4.78. The first-order chi connectivity index (χ1) is 8.61. The molecule has 0 amide bonds. The Labute approximate surface area is 114 Å². The van der Waals surface area contributed by atoms with E-state index in [2.05, 4.69) is 32.8 Å². The number of aromatic nitrogens is 2. The molecule has 0 fully saturated rings. The maximum absolute atomic E-state index is 9.27.